The molecule has 0 saturated carbocycles. The number of hydrogen-bond donors (Lipinski definition) is 1. The standard InChI is InChI=1S/C24H22N2O/c1-2-20-23(25-17-18-11-5-3-6-12-18)21-15-9-10-16-22(21)26(24(20)27)19-13-7-4-8-14-19/h3-16,25H,2,17H2,1H3. The van der Waals surface area contributed by atoms with Crippen molar-refractivity contribution in [3.63, 3.8) is 0 Å². The van der Waals surface area contributed by atoms with Crippen LogP contribution in [-0.4, -0.2) is 4.57 Å². The van der Waals surface area contributed by atoms with Crippen molar-refractivity contribution >= 4 is 16.6 Å². The van der Waals surface area contributed by atoms with Gasteiger partial charge in [0, 0.05) is 23.2 Å². The fourth-order valence-electron chi connectivity index (χ4n) is 3.54. The summed E-state index contributed by atoms with van der Waals surface area (Å²) in [5.74, 6) is 0. The van der Waals surface area contributed by atoms with Crippen LogP contribution in [0.3, 0.4) is 0 Å². The van der Waals surface area contributed by atoms with Gasteiger partial charge in [0.25, 0.3) is 5.56 Å². The summed E-state index contributed by atoms with van der Waals surface area (Å²) in [7, 11) is 0. The van der Waals surface area contributed by atoms with Crippen LogP contribution >= 0.6 is 0 Å². The average Bonchev–Trinajstić information content (AvgIpc) is 2.73. The Morgan fingerprint density at radius 3 is 2.15 bits per heavy atom. The number of benzene rings is 3. The van der Waals surface area contributed by atoms with Crippen molar-refractivity contribution in [2.75, 3.05) is 5.32 Å². The summed E-state index contributed by atoms with van der Waals surface area (Å²) in [6.45, 7) is 2.72. The maximum absolute atomic E-state index is 13.4. The fraction of sp³-hybridized carbons (Fsp3) is 0.125. The Kier molecular flexibility index (Phi) is 4.75. The third kappa shape index (κ3) is 3.24. The quantitative estimate of drug-likeness (QED) is 0.537. The monoisotopic (exact) mass is 354 g/mol. The first-order valence-corrected chi connectivity index (χ1v) is 9.29. The van der Waals surface area contributed by atoms with Crippen LogP contribution in [0.4, 0.5) is 5.69 Å². The molecule has 0 aliphatic rings. The maximum atomic E-state index is 13.4. The largest absolute Gasteiger partial charge is 0.380 e. The number of nitrogens with zero attached hydrogens (tertiary/aromatic N) is 1. The molecule has 1 N–H and O–H groups in total. The molecule has 4 rings (SSSR count). The molecule has 0 aliphatic heterocycles. The summed E-state index contributed by atoms with van der Waals surface area (Å²) in [6.07, 6.45) is 0.674. The van der Waals surface area contributed by atoms with Crippen LogP contribution in [-0.2, 0) is 13.0 Å². The summed E-state index contributed by atoms with van der Waals surface area (Å²) < 4.78 is 1.82. The number of pyridine rings is 1. The summed E-state index contributed by atoms with van der Waals surface area (Å²) in [4.78, 5) is 13.4. The van der Waals surface area contributed by atoms with Crippen LogP contribution in [0.25, 0.3) is 16.6 Å². The minimum atomic E-state index is 0.0398. The van der Waals surface area contributed by atoms with Gasteiger partial charge >= 0.3 is 0 Å². The molecule has 3 nitrogen and oxygen atoms in total. The van der Waals surface area contributed by atoms with Crippen molar-refractivity contribution in [2.24, 2.45) is 0 Å². The van der Waals surface area contributed by atoms with Crippen LogP contribution in [0.15, 0.2) is 89.7 Å². The zero-order valence-corrected chi connectivity index (χ0v) is 15.4. The third-order valence-corrected chi connectivity index (χ3v) is 4.86. The molecule has 1 aromatic heterocycles. The van der Waals surface area contributed by atoms with E-state index >= 15 is 0 Å². The van der Waals surface area contributed by atoms with Gasteiger partial charge in [0.15, 0.2) is 0 Å². The van der Waals surface area contributed by atoms with E-state index in [1.54, 1.807) is 0 Å². The number of nitrogens with one attached hydrogen (secondary N) is 1. The lowest BCUT2D eigenvalue weighted by Gasteiger charge is -2.18. The van der Waals surface area contributed by atoms with E-state index in [0.29, 0.717) is 13.0 Å². The molecule has 0 spiro atoms. The minimum Gasteiger partial charge on any atom is -0.380 e. The normalized spacial score (nSPS) is 10.9. The van der Waals surface area contributed by atoms with Gasteiger partial charge in [-0.05, 0) is 30.2 Å². The molecule has 27 heavy (non-hydrogen) atoms. The molecule has 0 fully saturated rings. The molecule has 3 heteroatoms. The van der Waals surface area contributed by atoms with E-state index in [1.807, 2.05) is 78.2 Å². The minimum absolute atomic E-state index is 0.0398. The molecule has 0 aliphatic carbocycles. The van der Waals surface area contributed by atoms with E-state index < -0.39 is 0 Å². The third-order valence-electron chi connectivity index (χ3n) is 4.86. The van der Waals surface area contributed by atoms with E-state index in [2.05, 4.69) is 23.5 Å². The van der Waals surface area contributed by atoms with E-state index in [1.165, 1.54) is 5.56 Å². The summed E-state index contributed by atoms with van der Waals surface area (Å²) in [5, 5.41) is 4.59. The second-order valence-corrected chi connectivity index (χ2v) is 6.54. The first-order chi connectivity index (χ1) is 13.3. The van der Waals surface area contributed by atoms with Crippen molar-refractivity contribution in [1.29, 1.82) is 0 Å². The van der Waals surface area contributed by atoms with Gasteiger partial charge in [-0.15, -0.1) is 0 Å². The van der Waals surface area contributed by atoms with Crippen molar-refractivity contribution < 1.29 is 0 Å². The van der Waals surface area contributed by atoms with Crippen molar-refractivity contribution in [3.8, 4) is 5.69 Å². The maximum Gasteiger partial charge on any atom is 0.260 e. The second-order valence-electron chi connectivity index (χ2n) is 6.54. The summed E-state index contributed by atoms with van der Waals surface area (Å²) >= 11 is 0. The molecular formula is C24H22N2O. The Labute approximate surface area is 158 Å². The topological polar surface area (TPSA) is 34.0 Å². The van der Waals surface area contributed by atoms with Gasteiger partial charge in [-0.3, -0.25) is 9.36 Å². The Balaban J connectivity index is 1.91. The lowest BCUT2D eigenvalue weighted by atomic mass is 10.1. The molecule has 0 radical (unpaired) electrons. The Morgan fingerprint density at radius 2 is 1.44 bits per heavy atom. The zero-order valence-electron chi connectivity index (χ0n) is 15.4. The SMILES string of the molecule is CCc1c(NCc2ccccc2)c2ccccc2n(-c2ccccc2)c1=O. The Bertz CT molecular complexity index is 1120. The molecule has 3 aromatic carbocycles. The molecule has 0 amide bonds. The van der Waals surface area contributed by atoms with Gasteiger partial charge in [0.1, 0.15) is 0 Å². The second kappa shape index (κ2) is 7.50. The molecular weight excluding hydrogens is 332 g/mol. The van der Waals surface area contributed by atoms with Crippen LogP contribution in [0.1, 0.15) is 18.1 Å². The van der Waals surface area contributed by atoms with Crippen LogP contribution in [0.5, 0.6) is 0 Å². The highest BCUT2D eigenvalue weighted by Gasteiger charge is 2.16. The van der Waals surface area contributed by atoms with E-state index in [4.69, 9.17) is 0 Å². The summed E-state index contributed by atoms with van der Waals surface area (Å²) in [6, 6.07) is 28.2. The molecule has 0 unspecified atom stereocenters. The van der Waals surface area contributed by atoms with Crippen molar-refractivity contribution in [1.82, 2.24) is 4.57 Å². The fourth-order valence-corrected chi connectivity index (χ4v) is 3.54. The van der Waals surface area contributed by atoms with Crippen molar-refractivity contribution in [3.05, 3.63) is 106 Å². The van der Waals surface area contributed by atoms with E-state index in [-0.39, 0.29) is 5.56 Å². The Hall–Kier alpha value is -3.33. The van der Waals surface area contributed by atoms with E-state index in [9.17, 15) is 4.79 Å². The number of fused-ring (bicyclic) bond motifs is 1. The molecule has 0 atom stereocenters. The van der Waals surface area contributed by atoms with E-state index in [0.717, 1.165) is 27.8 Å². The molecule has 134 valence electrons. The van der Waals surface area contributed by atoms with Crippen LogP contribution in [0.2, 0.25) is 0 Å². The van der Waals surface area contributed by atoms with Gasteiger partial charge in [0.05, 0.1) is 11.2 Å². The van der Waals surface area contributed by atoms with Crippen molar-refractivity contribution in [2.45, 2.75) is 19.9 Å². The first kappa shape index (κ1) is 17.1. The smallest absolute Gasteiger partial charge is 0.260 e. The van der Waals surface area contributed by atoms with Crippen LogP contribution < -0.4 is 10.9 Å². The predicted octanol–water partition coefficient (Wildman–Crippen LogP) is 5.17. The number of aromatic nitrogens is 1. The van der Waals surface area contributed by atoms with Gasteiger partial charge < -0.3 is 5.32 Å². The number of anilines is 1. The molecule has 4 aromatic rings. The summed E-state index contributed by atoms with van der Waals surface area (Å²) in [5.41, 5.74) is 4.79. The lowest BCUT2D eigenvalue weighted by molar-refractivity contribution is 0.973. The highest BCUT2D eigenvalue weighted by Crippen LogP contribution is 2.28. The lowest BCUT2D eigenvalue weighted by Crippen LogP contribution is -2.24. The highest BCUT2D eigenvalue weighted by atomic mass is 16.1. The highest BCUT2D eigenvalue weighted by molar-refractivity contribution is 5.94. The van der Waals surface area contributed by atoms with Gasteiger partial charge in [-0.1, -0.05) is 73.7 Å². The zero-order chi connectivity index (χ0) is 18.6. The number of hydrogen-bond acceptors (Lipinski definition) is 2. The van der Waals surface area contributed by atoms with Gasteiger partial charge in [-0.2, -0.15) is 0 Å². The molecule has 0 saturated heterocycles. The van der Waals surface area contributed by atoms with Crippen LogP contribution in [0, 0.1) is 0 Å². The predicted molar refractivity (Wildman–Crippen MR) is 113 cm³/mol. The molecule has 0 bridgehead atoms. The average molecular weight is 354 g/mol. The first-order valence-electron chi connectivity index (χ1n) is 9.29. The van der Waals surface area contributed by atoms with Gasteiger partial charge in [-0.25, -0.2) is 0 Å². The molecule has 1 heterocycles. The Morgan fingerprint density at radius 1 is 0.815 bits per heavy atom. The number of para-hydroxylation sites is 2. The van der Waals surface area contributed by atoms with Gasteiger partial charge in [0.2, 0.25) is 0 Å². The number of rotatable bonds is 5.